The van der Waals surface area contributed by atoms with Crippen molar-refractivity contribution in [1.29, 1.82) is 0 Å². The number of primary amides is 1. The molecule has 0 aromatic heterocycles. The number of hydrogen-bond acceptors (Lipinski definition) is 4. The number of hydrogen-bond donors (Lipinski definition) is 3. The lowest BCUT2D eigenvalue weighted by atomic mass is 9.84. The molecule has 2 fully saturated rings. The molecule has 6 heteroatoms. The third-order valence-electron chi connectivity index (χ3n) is 3.72. The van der Waals surface area contributed by atoms with E-state index in [1.54, 1.807) is 0 Å². The molecule has 0 saturated carbocycles. The van der Waals surface area contributed by atoms with Crippen LogP contribution in [-0.2, 0) is 9.59 Å². The molecule has 1 spiro atoms. The Morgan fingerprint density at radius 2 is 2.35 bits per heavy atom. The minimum atomic E-state index is -0.937. The summed E-state index contributed by atoms with van der Waals surface area (Å²) >= 11 is 0. The number of β-lactam (4-membered cyclic amide) rings is 1. The Morgan fingerprint density at radius 3 is 2.71 bits per heavy atom. The molecule has 2 unspecified atom stereocenters. The number of carbonyl (C=O) groups excluding carboxylic acids is 2. The van der Waals surface area contributed by atoms with Crippen molar-refractivity contribution in [3.63, 3.8) is 0 Å². The van der Waals surface area contributed by atoms with Crippen LogP contribution in [0.4, 0.5) is 0 Å². The van der Waals surface area contributed by atoms with Crippen molar-refractivity contribution in [2.24, 2.45) is 5.73 Å². The van der Waals surface area contributed by atoms with Gasteiger partial charge in [-0.15, -0.1) is 0 Å². The quantitative estimate of drug-likeness (QED) is 0.528. The van der Waals surface area contributed by atoms with Crippen LogP contribution >= 0.6 is 0 Å². The van der Waals surface area contributed by atoms with Gasteiger partial charge in [0.1, 0.15) is 11.6 Å². The zero-order chi connectivity index (χ0) is 12.8. The summed E-state index contributed by atoms with van der Waals surface area (Å²) < 4.78 is 0. The molecule has 2 saturated heterocycles. The van der Waals surface area contributed by atoms with Crippen LogP contribution in [0.15, 0.2) is 0 Å². The number of likely N-dealkylation sites (tertiary alicyclic amines) is 1. The summed E-state index contributed by atoms with van der Waals surface area (Å²) in [5.74, 6) is -0.777. The van der Waals surface area contributed by atoms with E-state index in [4.69, 9.17) is 5.73 Å². The Labute approximate surface area is 100 Å². The largest absolute Gasteiger partial charge is 0.391 e. The van der Waals surface area contributed by atoms with Crippen LogP contribution in [0.1, 0.15) is 26.7 Å². The van der Waals surface area contributed by atoms with Gasteiger partial charge in [-0.25, -0.2) is 0 Å². The maximum atomic E-state index is 12.1. The molecule has 4 atom stereocenters. The SMILES string of the molecule is CC1CCC2(CN([C@H](C(N)=O)[C@@H](C)O)C2=O)N1. The molecule has 2 aliphatic heterocycles. The molecule has 6 nitrogen and oxygen atoms in total. The van der Waals surface area contributed by atoms with E-state index in [2.05, 4.69) is 5.32 Å². The number of aliphatic hydroxyl groups is 1. The number of amides is 2. The van der Waals surface area contributed by atoms with Gasteiger partial charge in [0.05, 0.1) is 6.10 Å². The molecule has 2 heterocycles. The summed E-state index contributed by atoms with van der Waals surface area (Å²) in [6, 6.07) is -0.592. The van der Waals surface area contributed by atoms with Crippen LogP contribution in [0.25, 0.3) is 0 Å². The Bertz CT molecular complexity index is 358. The topological polar surface area (TPSA) is 95.7 Å². The molecule has 0 aliphatic carbocycles. The smallest absolute Gasteiger partial charge is 0.245 e. The first-order valence-corrected chi connectivity index (χ1v) is 5.93. The fraction of sp³-hybridized carbons (Fsp3) is 0.818. The zero-order valence-electron chi connectivity index (χ0n) is 10.1. The number of nitrogens with zero attached hydrogens (tertiary/aromatic N) is 1. The van der Waals surface area contributed by atoms with Crippen molar-refractivity contribution < 1.29 is 14.7 Å². The van der Waals surface area contributed by atoms with Crippen molar-refractivity contribution in [3.05, 3.63) is 0 Å². The molecule has 0 aromatic carbocycles. The van der Waals surface area contributed by atoms with Gasteiger partial charge in [-0.1, -0.05) is 0 Å². The Kier molecular flexibility index (Phi) is 2.87. The van der Waals surface area contributed by atoms with E-state index in [1.165, 1.54) is 11.8 Å². The molecule has 2 aliphatic rings. The second-order valence-corrected chi connectivity index (χ2v) is 5.19. The highest BCUT2D eigenvalue weighted by Gasteiger charge is 2.58. The van der Waals surface area contributed by atoms with E-state index in [0.717, 1.165) is 12.8 Å². The number of aliphatic hydroxyl groups excluding tert-OH is 1. The summed E-state index contributed by atoms with van der Waals surface area (Å²) in [7, 11) is 0. The summed E-state index contributed by atoms with van der Waals surface area (Å²) in [6.07, 6.45) is 0.803. The molecule has 0 aromatic rings. The first-order chi connectivity index (χ1) is 7.87. The second kappa shape index (κ2) is 3.96. The van der Waals surface area contributed by atoms with Crippen molar-refractivity contribution in [1.82, 2.24) is 10.2 Å². The molecule has 0 radical (unpaired) electrons. The van der Waals surface area contributed by atoms with Gasteiger partial charge in [0, 0.05) is 12.6 Å². The van der Waals surface area contributed by atoms with Crippen LogP contribution in [0, 0.1) is 0 Å². The predicted molar refractivity (Wildman–Crippen MR) is 60.9 cm³/mol. The first kappa shape index (κ1) is 12.3. The van der Waals surface area contributed by atoms with Crippen LogP contribution in [0.2, 0.25) is 0 Å². The number of carbonyl (C=O) groups is 2. The highest BCUT2D eigenvalue weighted by Crippen LogP contribution is 2.35. The molecular formula is C11H19N3O3. The van der Waals surface area contributed by atoms with Crippen LogP contribution in [0.3, 0.4) is 0 Å². The maximum Gasteiger partial charge on any atom is 0.245 e. The minimum absolute atomic E-state index is 0.119. The Hall–Kier alpha value is -1.14. The molecule has 96 valence electrons. The van der Waals surface area contributed by atoms with E-state index in [-0.39, 0.29) is 5.91 Å². The van der Waals surface area contributed by atoms with Gasteiger partial charge in [0.2, 0.25) is 11.8 Å². The van der Waals surface area contributed by atoms with Gasteiger partial charge in [0.25, 0.3) is 0 Å². The molecule has 2 amide bonds. The summed E-state index contributed by atoms with van der Waals surface area (Å²) in [4.78, 5) is 24.7. The van der Waals surface area contributed by atoms with Gasteiger partial charge in [0.15, 0.2) is 0 Å². The van der Waals surface area contributed by atoms with Gasteiger partial charge >= 0.3 is 0 Å². The first-order valence-electron chi connectivity index (χ1n) is 5.93. The van der Waals surface area contributed by atoms with Crippen LogP contribution in [-0.4, -0.2) is 52.1 Å². The summed E-state index contributed by atoms with van der Waals surface area (Å²) in [5, 5.41) is 12.8. The lowest BCUT2D eigenvalue weighted by Crippen LogP contribution is -2.76. The standard InChI is InChI=1S/C11H19N3O3/c1-6-3-4-11(13-6)5-14(10(11)17)8(7(2)15)9(12)16/h6-8,13,15H,3-5H2,1-2H3,(H2,12,16)/t6?,7-,8+,11?/m1/s1. The Morgan fingerprint density at radius 1 is 1.71 bits per heavy atom. The van der Waals surface area contributed by atoms with Crippen molar-refractivity contribution in [3.8, 4) is 0 Å². The Balaban J connectivity index is 2.08. The monoisotopic (exact) mass is 241 g/mol. The second-order valence-electron chi connectivity index (χ2n) is 5.19. The molecule has 2 rings (SSSR count). The van der Waals surface area contributed by atoms with Gasteiger partial charge in [-0.05, 0) is 26.7 Å². The molecule has 4 N–H and O–H groups in total. The third-order valence-corrected chi connectivity index (χ3v) is 3.72. The van der Waals surface area contributed by atoms with Crippen LogP contribution in [0.5, 0.6) is 0 Å². The number of rotatable bonds is 3. The van der Waals surface area contributed by atoms with Crippen molar-refractivity contribution in [2.75, 3.05) is 6.54 Å². The molecule has 0 bridgehead atoms. The zero-order valence-corrected chi connectivity index (χ0v) is 10.1. The maximum absolute atomic E-state index is 12.1. The predicted octanol–water partition coefficient (Wildman–Crippen LogP) is -1.43. The van der Waals surface area contributed by atoms with E-state index in [9.17, 15) is 14.7 Å². The normalized spacial score (nSPS) is 35.8. The van der Waals surface area contributed by atoms with Gasteiger partial charge in [-0.2, -0.15) is 0 Å². The van der Waals surface area contributed by atoms with Crippen molar-refractivity contribution >= 4 is 11.8 Å². The van der Waals surface area contributed by atoms with Crippen molar-refractivity contribution in [2.45, 2.75) is 50.4 Å². The average Bonchev–Trinajstić information content (AvgIpc) is 2.61. The molecular weight excluding hydrogens is 222 g/mol. The van der Waals surface area contributed by atoms with Gasteiger partial charge in [-0.3, -0.25) is 14.9 Å². The fourth-order valence-electron chi connectivity index (χ4n) is 2.86. The highest BCUT2D eigenvalue weighted by molar-refractivity contribution is 5.97. The lowest BCUT2D eigenvalue weighted by molar-refractivity contribution is -0.163. The van der Waals surface area contributed by atoms with Crippen LogP contribution < -0.4 is 11.1 Å². The van der Waals surface area contributed by atoms with E-state index >= 15 is 0 Å². The average molecular weight is 241 g/mol. The fourth-order valence-corrected chi connectivity index (χ4v) is 2.86. The van der Waals surface area contributed by atoms with Gasteiger partial charge < -0.3 is 15.7 Å². The van der Waals surface area contributed by atoms with E-state index in [0.29, 0.717) is 12.6 Å². The number of nitrogens with two attached hydrogens (primary N) is 1. The lowest BCUT2D eigenvalue weighted by Gasteiger charge is -2.50. The van der Waals surface area contributed by atoms with E-state index < -0.39 is 23.6 Å². The third kappa shape index (κ3) is 1.81. The van der Waals surface area contributed by atoms with E-state index in [1.807, 2.05) is 6.92 Å². The highest BCUT2D eigenvalue weighted by atomic mass is 16.3. The summed E-state index contributed by atoms with van der Waals surface area (Å²) in [5.41, 5.74) is 4.70. The minimum Gasteiger partial charge on any atom is -0.391 e. The number of nitrogens with one attached hydrogen (secondary N) is 1. The summed E-state index contributed by atoms with van der Waals surface area (Å²) in [6.45, 7) is 3.96. The molecule has 17 heavy (non-hydrogen) atoms.